The maximum absolute atomic E-state index is 6.33. The average Bonchev–Trinajstić information content (AvgIpc) is 3.00. The van der Waals surface area contributed by atoms with Gasteiger partial charge in [-0.3, -0.25) is 4.90 Å². The molecule has 0 amide bonds. The van der Waals surface area contributed by atoms with Crippen molar-refractivity contribution in [3.63, 3.8) is 0 Å². The van der Waals surface area contributed by atoms with Crippen LogP contribution in [0, 0.1) is 13.8 Å². The van der Waals surface area contributed by atoms with Gasteiger partial charge in [-0.1, -0.05) is 41.9 Å². The molecule has 0 saturated carbocycles. The number of fused-ring (bicyclic) bond motifs is 1. The summed E-state index contributed by atoms with van der Waals surface area (Å²) in [6, 6.07) is 19.8. The highest BCUT2D eigenvalue weighted by Crippen LogP contribution is 2.34. The van der Waals surface area contributed by atoms with Gasteiger partial charge in [0.1, 0.15) is 0 Å². The maximum Gasteiger partial charge on any atom is 0.0759 e. The molecule has 134 valence electrons. The van der Waals surface area contributed by atoms with Gasteiger partial charge in [0.2, 0.25) is 0 Å². The second kappa shape index (κ2) is 7.30. The summed E-state index contributed by atoms with van der Waals surface area (Å²) in [5.41, 5.74) is 6.71. The first-order valence-electron chi connectivity index (χ1n) is 9.32. The van der Waals surface area contributed by atoms with E-state index < -0.39 is 0 Å². The molecule has 0 fully saturated rings. The van der Waals surface area contributed by atoms with Crippen LogP contribution in [0.1, 0.15) is 40.4 Å². The van der Waals surface area contributed by atoms with E-state index in [9.17, 15) is 0 Å². The van der Waals surface area contributed by atoms with E-state index in [0.717, 1.165) is 31.1 Å². The molecule has 0 saturated heterocycles. The zero-order chi connectivity index (χ0) is 18.1. The van der Waals surface area contributed by atoms with Gasteiger partial charge in [-0.25, -0.2) is 0 Å². The lowest BCUT2D eigenvalue weighted by atomic mass is 10.00. The minimum Gasteiger partial charge on any atom is -0.350 e. The van der Waals surface area contributed by atoms with E-state index in [1.54, 1.807) is 0 Å². The zero-order valence-corrected chi connectivity index (χ0v) is 16.2. The first-order chi connectivity index (χ1) is 12.6. The van der Waals surface area contributed by atoms with E-state index in [4.69, 9.17) is 11.6 Å². The number of benzene rings is 2. The number of aryl methyl sites for hydroxylation is 3. The number of aromatic nitrogens is 1. The lowest BCUT2D eigenvalue weighted by Crippen LogP contribution is -2.29. The molecule has 3 heteroatoms. The Morgan fingerprint density at radius 1 is 0.962 bits per heavy atom. The van der Waals surface area contributed by atoms with Crippen LogP contribution in [-0.4, -0.2) is 16.0 Å². The second-order valence-corrected chi connectivity index (χ2v) is 7.76. The summed E-state index contributed by atoms with van der Waals surface area (Å²) in [5, 5.41) is 0.802. The van der Waals surface area contributed by atoms with Crippen LogP contribution in [-0.2, 0) is 13.1 Å². The summed E-state index contributed by atoms with van der Waals surface area (Å²) in [6.07, 6.45) is 3.36. The van der Waals surface area contributed by atoms with Crippen molar-refractivity contribution in [2.75, 3.05) is 6.54 Å². The number of hydrogen-bond donors (Lipinski definition) is 0. The number of nitrogens with zero attached hydrogens (tertiary/aromatic N) is 2. The molecule has 26 heavy (non-hydrogen) atoms. The molecule has 2 heterocycles. The molecule has 0 bridgehead atoms. The Morgan fingerprint density at radius 3 is 2.65 bits per heavy atom. The van der Waals surface area contributed by atoms with Gasteiger partial charge in [-0.05, 0) is 66.8 Å². The highest BCUT2D eigenvalue weighted by Gasteiger charge is 2.27. The van der Waals surface area contributed by atoms with Crippen LogP contribution < -0.4 is 0 Å². The molecule has 2 aromatic carbocycles. The molecule has 3 aromatic rings. The number of hydrogen-bond acceptors (Lipinski definition) is 1. The van der Waals surface area contributed by atoms with Crippen molar-refractivity contribution >= 4 is 11.6 Å². The highest BCUT2D eigenvalue weighted by atomic mass is 35.5. The first-order valence-corrected chi connectivity index (χ1v) is 9.70. The van der Waals surface area contributed by atoms with Crippen LogP contribution in [0.15, 0.2) is 60.8 Å². The molecule has 1 aliphatic heterocycles. The standard InChI is InChI=1S/C23H25ClN2/c1-17-9-10-19(14-18(17)2)16-26-13-5-12-25-11-4-8-22(25)23(26)20-6-3-7-21(24)15-20/h3-4,6-11,14-15,23H,5,12-13,16H2,1-2H3. The van der Waals surface area contributed by atoms with E-state index in [1.165, 1.54) is 27.9 Å². The van der Waals surface area contributed by atoms with Crippen molar-refractivity contribution in [3.05, 3.63) is 93.8 Å². The van der Waals surface area contributed by atoms with Crippen molar-refractivity contribution in [1.29, 1.82) is 0 Å². The Morgan fingerprint density at radius 2 is 1.85 bits per heavy atom. The van der Waals surface area contributed by atoms with E-state index >= 15 is 0 Å². The normalized spacial score (nSPS) is 17.7. The minimum atomic E-state index is 0.229. The first kappa shape index (κ1) is 17.4. The SMILES string of the molecule is Cc1ccc(CN2CCCn3cccc3C2c2cccc(Cl)c2)cc1C. The van der Waals surface area contributed by atoms with Gasteiger partial charge in [-0.15, -0.1) is 0 Å². The number of rotatable bonds is 3. The van der Waals surface area contributed by atoms with Gasteiger partial charge in [0.05, 0.1) is 6.04 Å². The van der Waals surface area contributed by atoms with E-state index in [-0.39, 0.29) is 6.04 Å². The summed E-state index contributed by atoms with van der Waals surface area (Å²) < 4.78 is 2.39. The smallest absolute Gasteiger partial charge is 0.0759 e. The van der Waals surface area contributed by atoms with Crippen molar-refractivity contribution in [2.45, 2.75) is 39.4 Å². The molecule has 2 nitrogen and oxygen atoms in total. The zero-order valence-electron chi connectivity index (χ0n) is 15.5. The van der Waals surface area contributed by atoms with Gasteiger partial charge < -0.3 is 4.57 Å². The quantitative estimate of drug-likeness (QED) is 0.574. The van der Waals surface area contributed by atoms with Gasteiger partial charge in [0.25, 0.3) is 0 Å². The predicted octanol–water partition coefficient (Wildman–Crippen LogP) is 5.75. The third kappa shape index (κ3) is 3.44. The van der Waals surface area contributed by atoms with Gasteiger partial charge >= 0.3 is 0 Å². The summed E-state index contributed by atoms with van der Waals surface area (Å²) in [6.45, 7) is 7.46. The monoisotopic (exact) mass is 364 g/mol. The molecule has 0 N–H and O–H groups in total. The molecule has 0 aliphatic carbocycles. The van der Waals surface area contributed by atoms with E-state index in [2.05, 4.69) is 78.0 Å². The fourth-order valence-electron chi connectivity index (χ4n) is 4.00. The van der Waals surface area contributed by atoms with Crippen LogP contribution in [0.5, 0.6) is 0 Å². The number of halogens is 1. The summed E-state index contributed by atoms with van der Waals surface area (Å²) in [4.78, 5) is 2.59. The molecule has 4 rings (SSSR count). The van der Waals surface area contributed by atoms with Gasteiger partial charge in [0, 0.05) is 36.5 Å². The summed E-state index contributed by atoms with van der Waals surface area (Å²) in [5.74, 6) is 0. The molecular weight excluding hydrogens is 340 g/mol. The topological polar surface area (TPSA) is 8.17 Å². The summed E-state index contributed by atoms with van der Waals surface area (Å²) >= 11 is 6.33. The van der Waals surface area contributed by atoms with Crippen molar-refractivity contribution in [1.82, 2.24) is 9.47 Å². The van der Waals surface area contributed by atoms with Crippen LogP contribution in [0.2, 0.25) is 5.02 Å². The molecule has 0 radical (unpaired) electrons. The van der Waals surface area contributed by atoms with Crippen molar-refractivity contribution < 1.29 is 0 Å². The Labute approximate surface area is 161 Å². The molecule has 1 aromatic heterocycles. The Kier molecular flexibility index (Phi) is 4.88. The average molecular weight is 365 g/mol. The van der Waals surface area contributed by atoms with Crippen LogP contribution in [0.4, 0.5) is 0 Å². The third-order valence-corrected chi connectivity index (χ3v) is 5.71. The van der Waals surface area contributed by atoms with Gasteiger partial charge in [-0.2, -0.15) is 0 Å². The Hall–Kier alpha value is -2.03. The highest BCUT2D eigenvalue weighted by molar-refractivity contribution is 6.30. The Balaban J connectivity index is 1.74. The van der Waals surface area contributed by atoms with Crippen LogP contribution in [0.3, 0.4) is 0 Å². The lowest BCUT2D eigenvalue weighted by molar-refractivity contribution is 0.220. The van der Waals surface area contributed by atoms with Gasteiger partial charge in [0.15, 0.2) is 0 Å². The molecule has 0 spiro atoms. The molecule has 1 atom stereocenters. The lowest BCUT2D eigenvalue weighted by Gasteiger charge is -2.31. The van der Waals surface area contributed by atoms with Crippen LogP contribution in [0.25, 0.3) is 0 Å². The van der Waals surface area contributed by atoms with Crippen molar-refractivity contribution in [2.24, 2.45) is 0 Å². The van der Waals surface area contributed by atoms with Crippen LogP contribution >= 0.6 is 11.6 Å². The van der Waals surface area contributed by atoms with Crippen molar-refractivity contribution in [3.8, 4) is 0 Å². The summed E-state index contributed by atoms with van der Waals surface area (Å²) in [7, 11) is 0. The molecule has 1 aliphatic rings. The predicted molar refractivity (Wildman–Crippen MR) is 109 cm³/mol. The minimum absolute atomic E-state index is 0.229. The van der Waals surface area contributed by atoms with E-state index in [1.807, 2.05) is 6.07 Å². The maximum atomic E-state index is 6.33. The largest absolute Gasteiger partial charge is 0.350 e. The molecule has 1 unspecified atom stereocenters. The Bertz CT molecular complexity index is 912. The van der Waals surface area contributed by atoms with E-state index in [0.29, 0.717) is 0 Å². The fraction of sp³-hybridized carbons (Fsp3) is 0.304. The molecular formula is C23H25ClN2. The third-order valence-electron chi connectivity index (χ3n) is 5.48. The second-order valence-electron chi connectivity index (χ2n) is 7.33. The fourth-order valence-corrected chi connectivity index (χ4v) is 4.20.